The van der Waals surface area contributed by atoms with Gasteiger partial charge in [-0.2, -0.15) is 0 Å². The van der Waals surface area contributed by atoms with Gasteiger partial charge in [0.15, 0.2) is 0 Å². The molecule has 9 heteroatoms. The van der Waals surface area contributed by atoms with Crippen LogP contribution in [0.2, 0.25) is 0 Å². The van der Waals surface area contributed by atoms with Gasteiger partial charge in [0.25, 0.3) is 11.5 Å². The summed E-state index contributed by atoms with van der Waals surface area (Å²) in [4.78, 5) is 51.5. The van der Waals surface area contributed by atoms with Gasteiger partial charge in [-0.25, -0.2) is 4.98 Å². The Morgan fingerprint density at radius 3 is 2.21 bits per heavy atom. The van der Waals surface area contributed by atoms with Gasteiger partial charge in [0.1, 0.15) is 18.1 Å². The van der Waals surface area contributed by atoms with Crippen LogP contribution < -0.4 is 16.2 Å². The van der Waals surface area contributed by atoms with Crippen molar-refractivity contribution in [2.75, 3.05) is 5.32 Å². The molecule has 0 aliphatic rings. The van der Waals surface area contributed by atoms with Gasteiger partial charge >= 0.3 is 0 Å². The van der Waals surface area contributed by atoms with Crippen LogP contribution in [0, 0.1) is 0 Å². The lowest BCUT2D eigenvalue weighted by Crippen LogP contribution is -2.35. The van der Waals surface area contributed by atoms with Crippen molar-refractivity contribution in [3.63, 3.8) is 0 Å². The topological polar surface area (TPSA) is 122 Å². The summed E-state index contributed by atoms with van der Waals surface area (Å²) in [5, 5.41) is 6.46. The third kappa shape index (κ3) is 5.71. The Labute approximate surface area is 240 Å². The summed E-state index contributed by atoms with van der Waals surface area (Å²) in [5.41, 5.74) is 4.22. The van der Waals surface area contributed by atoms with E-state index >= 15 is 0 Å². The Kier molecular flexibility index (Phi) is 7.37. The molecule has 6 rings (SSSR count). The third-order valence-corrected chi connectivity index (χ3v) is 6.84. The number of anilines is 1. The number of H-pyrrole nitrogens is 1. The number of aromatic amines is 1. The number of carbonyl (C=O) groups excluding carboxylic acids is 2. The summed E-state index contributed by atoms with van der Waals surface area (Å²) in [5.74, 6) is -0.518. The predicted molar refractivity (Wildman–Crippen MR) is 162 cm³/mol. The first-order valence-corrected chi connectivity index (χ1v) is 13.4. The van der Waals surface area contributed by atoms with E-state index in [0.29, 0.717) is 17.0 Å². The molecule has 206 valence electrons. The lowest BCUT2D eigenvalue weighted by molar-refractivity contribution is -0.121. The van der Waals surface area contributed by atoms with Crippen LogP contribution in [-0.4, -0.2) is 31.3 Å². The molecule has 0 saturated carbocycles. The molecule has 0 bridgehead atoms. The fourth-order valence-corrected chi connectivity index (χ4v) is 4.70. The van der Waals surface area contributed by atoms with Crippen molar-refractivity contribution in [1.82, 2.24) is 24.8 Å². The van der Waals surface area contributed by atoms with Gasteiger partial charge in [0.2, 0.25) is 5.91 Å². The van der Waals surface area contributed by atoms with Crippen molar-refractivity contribution in [3.05, 3.63) is 137 Å². The highest BCUT2D eigenvalue weighted by atomic mass is 16.2. The normalized spacial score (nSPS) is 10.9. The second kappa shape index (κ2) is 11.7. The molecule has 6 aromatic rings. The lowest BCUT2D eigenvalue weighted by Gasteiger charge is -2.14. The second-order valence-electron chi connectivity index (χ2n) is 9.68. The van der Waals surface area contributed by atoms with E-state index in [1.165, 1.54) is 10.8 Å². The van der Waals surface area contributed by atoms with Crippen molar-refractivity contribution >= 4 is 28.4 Å². The standard InChI is InChI=1S/C33H26N6O3/c40-30(35-19-27-17-26-18-34-16-15-28(26)37-27)21-39-31(24-9-5-2-6-10-24)36-20-29(33(39)42)38-32(41)25-13-11-23(12-14-25)22-7-3-1-4-8-22/h1-18,20,37H,19,21H2,(H,35,40)(H,38,41). The maximum absolute atomic E-state index is 13.6. The lowest BCUT2D eigenvalue weighted by atomic mass is 10.0. The highest BCUT2D eigenvalue weighted by molar-refractivity contribution is 6.04. The molecule has 3 N–H and O–H groups in total. The van der Waals surface area contributed by atoms with Crippen LogP contribution in [0.25, 0.3) is 33.4 Å². The summed E-state index contributed by atoms with van der Waals surface area (Å²) in [6.07, 6.45) is 4.76. The highest BCUT2D eigenvalue weighted by Crippen LogP contribution is 2.20. The number of nitrogens with zero attached hydrogens (tertiary/aromatic N) is 3. The van der Waals surface area contributed by atoms with Crippen LogP contribution >= 0.6 is 0 Å². The van der Waals surface area contributed by atoms with E-state index in [0.717, 1.165) is 27.7 Å². The molecule has 0 fully saturated rings. The van der Waals surface area contributed by atoms with E-state index < -0.39 is 11.5 Å². The number of amides is 2. The van der Waals surface area contributed by atoms with Crippen LogP contribution in [0.5, 0.6) is 0 Å². The quantitative estimate of drug-likeness (QED) is 0.244. The molecular formula is C33H26N6O3. The monoisotopic (exact) mass is 554 g/mol. The van der Waals surface area contributed by atoms with Gasteiger partial charge in [0.05, 0.1) is 12.7 Å². The molecule has 0 aliphatic heterocycles. The smallest absolute Gasteiger partial charge is 0.278 e. The van der Waals surface area contributed by atoms with Gasteiger partial charge in [-0.3, -0.25) is 23.9 Å². The van der Waals surface area contributed by atoms with Crippen LogP contribution in [0.1, 0.15) is 16.1 Å². The van der Waals surface area contributed by atoms with Crippen molar-refractivity contribution in [2.24, 2.45) is 0 Å². The average Bonchev–Trinajstić information content (AvgIpc) is 3.46. The third-order valence-electron chi connectivity index (χ3n) is 6.84. The van der Waals surface area contributed by atoms with Gasteiger partial charge in [-0.05, 0) is 35.4 Å². The van der Waals surface area contributed by atoms with Crippen LogP contribution in [0.3, 0.4) is 0 Å². The number of carbonyl (C=O) groups is 2. The maximum Gasteiger partial charge on any atom is 0.278 e. The molecule has 0 radical (unpaired) electrons. The van der Waals surface area contributed by atoms with Crippen LogP contribution in [-0.2, 0) is 17.9 Å². The summed E-state index contributed by atoms with van der Waals surface area (Å²) in [6.45, 7) is -0.0426. The Bertz CT molecular complexity index is 1900. The number of pyridine rings is 1. The molecule has 9 nitrogen and oxygen atoms in total. The van der Waals surface area contributed by atoms with E-state index in [4.69, 9.17) is 0 Å². The minimum atomic E-state index is -0.537. The van der Waals surface area contributed by atoms with Gasteiger partial charge < -0.3 is 15.6 Å². The summed E-state index contributed by atoms with van der Waals surface area (Å²) in [6, 6.07) is 29.8. The first-order valence-electron chi connectivity index (χ1n) is 13.4. The van der Waals surface area contributed by atoms with E-state index in [9.17, 15) is 14.4 Å². The zero-order chi connectivity index (χ0) is 28.9. The molecular weight excluding hydrogens is 528 g/mol. The summed E-state index contributed by atoms with van der Waals surface area (Å²) in [7, 11) is 0. The maximum atomic E-state index is 13.6. The van der Waals surface area contributed by atoms with E-state index in [-0.39, 0.29) is 24.7 Å². The minimum Gasteiger partial charge on any atom is -0.357 e. The molecule has 3 aromatic heterocycles. The number of aromatic nitrogens is 4. The zero-order valence-electron chi connectivity index (χ0n) is 22.5. The Morgan fingerprint density at radius 2 is 1.50 bits per heavy atom. The van der Waals surface area contributed by atoms with Gasteiger partial charge in [-0.15, -0.1) is 0 Å². The fraction of sp³-hybridized carbons (Fsp3) is 0.0606. The largest absolute Gasteiger partial charge is 0.357 e. The highest BCUT2D eigenvalue weighted by Gasteiger charge is 2.17. The Balaban J connectivity index is 1.22. The molecule has 3 heterocycles. The first kappa shape index (κ1) is 26.4. The zero-order valence-corrected chi connectivity index (χ0v) is 22.5. The molecule has 0 atom stereocenters. The summed E-state index contributed by atoms with van der Waals surface area (Å²) >= 11 is 0. The molecule has 0 saturated heterocycles. The molecule has 0 aliphatic carbocycles. The van der Waals surface area contributed by atoms with Crippen molar-refractivity contribution < 1.29 is 9.59 Å². The number of nitrogens with one attached hydrogen (secondary N) is 3. The number of hydrogen-bond acceptors (Lipinski definition) is 5. The van der Waals surface area contributed by atoms with Crippen LogP contribution in [0.15, 0.2) is 120 Å². The van der Waals surface area contributed by atoms with Gasteiger partial charge in [-0.1, -0.05) is 72.8 Å². The second-order valence-corrected chi connectivity index (χ2v) is 9.68. The number of fused-ring (bicyclic) bond motifs is 1. The van der Waals surface area contributed by atoms with E-state index in [1.54, 1.807) is 36.7 Å². The van der Waals surface area contributed by atoms with E-state index in [1.807, 2.05) is 72.8 Å². The molecule has 3 aromatic carbocycles. The number of hydrogen-bond donors (Lipinski definition) is 3. The molecule has 2 amide bonds. The van der Waals surface area contributed by atoms with E-state index in [2.05, 4.69) is 25.6 Å². The fourth-order valence-electron chi connectivity index (χ4n) is 4.70. The average molecular weight is 555 g/mol. The minimum absolute atomic E-state index is 0.0252. The van der Waals surface area contributed by atoms with Crippen LogP contribution in [0.4, 0.5) is 5.69 Å². The number of benzene rings is 3. The molecule has 0 unspecified atom stereocenters. The Morgan fingerprint density at radius 1 is 0.810 bits per heavy atom. The predicted octanol–water partition coefficient (Wildman–Crippen LogP) is 5.02. The molecule has 0 spiro atoms. The Hall–Kier alpha value is -5.83. The number of rotatable bonds is 8. The summed E-state index contributed by atoms with van der Waals surface area (Å²) < 4.78 is 1.27. The van der Waals surface area contributed by atoms with Crippen molar-refractivity contribution in [2.45, 2.75) is 13.1 Å². The van der Waals surface area contributed by atoms with Crippen molar-refractivity contribution in [1.29, 1.82) is 0 Å². The first-order chi connectivity index (χ1) is 20.5. The van der Waals surface area contributed by atoms with Crippen molar-refractivity contribution in [3.8, 4) is 22.5 Å². The molecule has 42 heavy (non-hydrogen) atoms. The SMILES string of the molecule is O=C(Cn1c(-c2ccccc2)ncc(NC(=O)c2ccc(-c3ccccc3)cc2)c1=O)NCc1cc2cnccc2[nH]1. The van der Waals surface area contributed by atoms with Gasteiger partial charge in [0, 0.05) is 40.1 Å².